The Balaban J connectivity index is 2.71. The Hall–Kier alpha value is 0.140. The molecule has 1 aromatic rings. The van der Waals surface area contributed by atoms with Crippen LogP contribution in [0.5, 0.6) is 0 Å². The molecule has 12 heavy (non-hydrogen) atoms. The van der Waals surface area contributed by atoms with E-state index in [-0.39, 0.29) is 16.3 Å². The van der Waals surface area contributed by atoms with E-state index in [1.54, 1.807) is 0 Å². The maximum absolute atomic E-state index is 8.89. The zero-order valence-corrected chi connectivity index (χ0v) is 9.62. The van der Waals surface area contributed by atoms with Gasteiger partial charge >= 0.3 is 0 Å². The molecule has 0 amide bonds. The van der Waals surface area contributed by atoms with Crippen molar-refractivity contribution in [1.82, 2.24) is 0 Å². The molecule has 0 bridgehead atoms. The maximum atomic E-state index is 8.89. The van der Waals surface area contributed by atoms with Crippen molar-refractivity contribution in [2.45, 2.75) is 9.65 Å². The van der Waals surface area contributed by atoms with Gasteiger partial charge in [0.05, 0.1) is 16.3 Å². The fourth-order valence-electron chi connectivity index (χ4n) is 0.938. The summed E-state index contributed by atoms with van der Waals surface area (Å²) < 4.78 is 0. The van der Waals surface area contributed by atoms with Crippen LogP contribution in [0.1, 0.15) is 10.4 Å². The van der Waals surface area contributed by atoms with Gasteiger partial charge < -0.3 is 5.11 Å². The molecule has 0 aromatic heterocycles. The normalized spacial score (nSPS) is 15.6. The van der Waals surface area contributed by atoms with Crippen molar-refractivity contribution < 1.29 is 5.11 Å². The molecular formula is C9H10Br2O. The van der Waals surface area contributed by atoms with Gasteiger partial charge in [0.15, 0.2) is 0 Å². The van der Waals surface area contributed by atoms with Gasteiger partial charge in [0.1, 0.15) is 0 Å². The lowest BCUT2D eigenvalue weighted by Gasteiger charge is -2.14. The molecule has 1 unspecified atom stereocenters. The highest BCUT2D eigenvalue weighted by Gasteiger charge is 2.15. The smallest absolute Gasteiger partial charge is 0.0570 e. The van der Waals surface area contributed by atoms with Gasteiger partial charge in [-0.1, -0.05) is 62.2 Å². The SMILES string of the molecule is OCC(Br)[C@H](Br)c1ccccc1. The van der Waals surface area contributed by atoms with Crippen molar-refractivity contribution in [2.75, 3.05) is 6.61 Å². The van der Waals surface area contributed by atoms with E-state index in [4.69, 9.17) is 5.11 Å². The van der Waals surface area contributed by atoms with E-state index in [1.165, 1.54) is 5.56 Å². The molecule has 1 aromatic carbocycles. The Bertz CT molecular complexity index is 225. The molecule has 2 atom stereocenters. The number of alkyl halides is 2. The first-order chi connectivity index (χ1) is 5.75. The van der Waals surface area contributed by atoms with Crippen LogP contribution in [-0.2, 0) is 0 Å². The topological polar surface area (TPSA) is 20.2 Å². The van der Waals surface area contributed by atoms with Gasteiger partial charge in [0.2, 0.25) is 0 Å². The minimum atomic E-state index is 0.0694. The van der Waals surface area contributed by atoms with E-state index in [2.05, 4.69) is 31.9 Å². The highest BCUT2D eigenvalue weighted by molar-refractivity contribution is 9.12. The van der Waals surface area contributed by atoms with E-state index in [9.17, 15) is 0 Å². The maximum Gasteiger partial charge on any atom is 0.0570 e. The Labute approximate surface area is 89.1 Å². The molecule has 66 valence electrons. The monoisotopic (exact) mass is 292 g/mol. The van der Waals surface area contributed by atoms with Gasteiger partial charge in [-0.05, 0) is 5.56 Å². The molecule has 0 fully saturated rings. The number of hydrogen-bond donors (Lipinski definition) is 1. The summed E-state index contributed by atoms with van der Waals surface area (Å²) in [6.45, 7) is 0.130. The number of benzene rings is 1. The zero-order valence-electron chi connectivity index (χ0n) is 6.45. The second-order valence-electron chi connectivity index (χ2n) is 2.51. The largest absolute Gasteiger partial charge is 0.395 e. The average molecular weight is 294 g/mol. The van der Waals surface area contributed by atoms with Crippen LogP contribution in [0, 0.1) is 0 Å². The van der Waals surface area contributed by atoms with Crippen LogP contribution >= 0.6 is 31.9 Å². The Morgan fingerprint density at radius 3 is 2.25 bits per heavy atom. The molecular weight excluding hydrogens is 284 g/mol. The van der Waals surface area contributed by atoms with Crippen LogP contribution in [0.2, 0.25) is 0 Å². The van der Waals surface area contributed by atoms with Crippen LogP contribution < -0.4 is 0 Å². The Morgan fingerprint density at radius 2 is 1.75 bits per heavy atom. The van der Waals surface area contributed by atoms with E-state index < -0.39 is 0 Å². The van der Waals surface area contributed by atoms with Crippen molar-refractivity contribution in [2.24, 2.45) is 0 Å². The summed E-state index contributed by atoms with van der Waals surface area (Å²) >= 11 is 6.89. The van der Waals surface area contributed by atoms with Gasteiger partial charge in [-0.25, -0.2) is 0 Å². The molecule has 0 heterocycles. The van der Waals surface area contributed by atoms with Gasteiger partial charge in [0, 0.05) is 0 Å². The summed E-state index contributed by atoms with van der Waals surface area (Å²) in [5, 5.41) is 8.89. The quantitative estimate of drug-likeness (QED) is 0.850. The molecule has 3 heteroatoms. The molecule has 0 spiro atoms. The first kappa shape index (κ1) is 10.2. The number of rotatable bonds is 3. The molecule has 0 saturated carbocycles. The van der Waals surface area contributed by atoms with E-state index >= 15 is 0 Å². The number of hydrogen-bond acceptors (Lipinski definition) is 1. The van der Waals surface area contributed by atoms with Crippen LogP contribution in [0.4, 0.5) is 0 Å². The van der Waals surface area contributed by atoms with E-state index in [0.29, 0.717) is 0 Å². The summed E-state index contributed by atoms with van der Waals surface area (Å²) in [6.07, 6.45) is 0. The van der Waals surface area contributed by atoms with Gasteiger partial charge in [0.25, 0.3) is 0 Å². The summed E-state index contributed by atoms with van der Waals surface area (Å²) in [7, 11) is 0. The summed E-state index contributed by atoms with van der Waals surface area (Å²) in [5.74, 6) is 0. The third kappa shape index (κ3) is 2.57. The first-order valence-electron chi connectivity index (χ1n) is 3.69. The lowest BCUT2D eigenvalue weighted by Crippen LogP contribution is -2.10. The molecule has 1 nitrogen and oxygen atoms in total. The second kappa shape index (κ2) is 5.00. The average Bonchev–Trinajstić information content (AvgIpc) is 2.17. The third-order valence-electron chi connectivity index (χ3n) is 1.61. The summed E-state index contributed by atoms with van der Waals surface area (Å²) in [6, 6.07) is 10.0. The van der Waals surface area contributed by atoms with Crippen molar-refractivity contribution in [3.63, 3.8) is 0 Å². The minimum Gasteiger partial charge on any atom is -0.395 e. The molecule has 1 rings (SSSR count). The van der Waals surface area contributed by atoms with Crippen LogP contribution in [0.25, 0.3) is 0 Å². The highest BCUT2D eigenvalue weighted by Crippen LogP contribution is 2.30. The lowest BCUT2D eigenvalue weighted by molar-refractivity contribution is 0.296. The number of halogens is 2. The Morgan fingerprint density at radius 1 is 1.17 bits per heavy atom. The Kier molecular flexibility index (Phi) is 4.26. The predicted molar refractivity (Wildman–Crippen MR) is 57.9 cm³/mol. The number of aliphatic hydroxyl groups is 1. The molecule has 0 aliphatic heterocycles. The fourth-order valence-corrected chi connectivity index (χ4v) is 1.72. The molecule has 1 N–H and O–H groups in total. The van der Waals surface area contributed by atoms with Gasteiger partial charge in [-0.3, -0.25) is 0 Å². The molecule has 0 aliphatic carbocycles. The van der Waals surface area contributed by atoms with Crippen molar-refractivity contribution in [3.05, 3.63) is 35.9 Å². The van der Waals surface area contributed by atoms with Crippen LogP contribution in [0.3, 0.4) is 0 Å². The van der Waals surface area contributed by atoms with Crippen molar-refractivity contribution >= 4 is 31.9 Å². The van der Waals surface area contributed by atoms with Crippen LogP contribution in [0.15, 0.2) is 30.3 Å². The third-order valence-corrected chi connectivity index (χ3v) is 4.30. The number of aliphatic hydroxyl groups excluding tert-OH is 1. The van der Waals surface area contributed by atoms with Crippen molar-refractivity contribution in [3.8, 4) is 0 Å². The van der Waals surface area contributed by atoms with Crippen molar-refractivity contribution in [1.29, 1.82) is 0 Å². The minimum absolute atomic E-state index is 0.0694. The molecule has 0 radical (unpaired) electrons. The second-order valence-corrected chi connectivity index (χ2v) is 4.67. The van der Waals surface area contributed by atoms with Crippen LogP contribution in [-0.4, -0.2) is 16.5 Å². The lowest BCUT2D eigenvalue weighted by atomic mass is 10.1. The first-order valence-corrected chi connectivity index (χ1v) is 5.52. The van der Waals surface area contributed by atoms with Gasteiger partial charge in [-0.15, -0.1) is 0 Å². The highest BCUT2D eigenvalue weighted by atomic mass is 79.9. The van der Waals surface area contributed by atoms with E-state index in [0.717, 1.165) is 0 Å². The standard InChI is InChI=1S/C9H10Br2O/c10-8(6-12)9(11)7-4-2-1-3-5-7/h1-5,8-9,12H,6H2/t8?,9-/m1/s1. The van der Waals surface area contributed by atoms with E-state index in [1.807, 2.05) is 30.3 Å². The predicted octanol–water partition coefficient (Wildman–Crippen LogP) is 2.88. The fraction of sp³-hybridized carbons (Fsp3) is 0.333. The van der Waals surface area contributed by atoms with Gasteiger partial charge in [-0.2, -0.15) is 0 Å². The molecule has 0 aliphatic rings. The summed E-state index contributed by atoms with van der Waals surface area (Å²) in [4.78, 5) is 0.239. The zero-order chi connectivity index (χ0) is 8.97. The summed E-state index contributed by atoms with van der Waals surface area (Å²) in [5.41, 5.74) is 1.17. The molecule has 0 saturated heterocycles.